The molecular weight excluding hydrogens is 418 g/mol. The van der Waals surface area contributed by atoms with Crippen LogP contribution >= 0.6 is 15.9 Å². The van der Waals surface area contributed by atoms with Gasteiger partial charge in [-0.15, -0.1) is 0 Å². The number of aromatic nitrogens is 3. The minimum atomic E-state index is 0.440. The Labute approximate surface area is 171 Å². The van der Waals surface area contributed by atoms with Crippen LogP contribution in [0.5, 0.6) is 11.6 Å². The topological polar surface area (TPSA) is 49.2 Å². The van der Waals surface area contributed by atoms with Crippen LogP contribution in [0.15, 0.2) is 83.6 Å². The molecule has 0 aliphatic heterocycles. The molecule has 4 aromatic rings. The van der Waals surface area contributed by atoms with Crippen LogP contribution in [0, 0.1) is 0 Å². The highest BCUT2D eigenvalue weighted by Crippen LogP contribution is 2.33. The van der Waals surface area contributed by atoms with Gasteiger partial charge in [0.2, 0.25) is 5.88 Å². The lowest BCUT2D eigenvalue weighted by atomic mass is 10.2. The van der Waals surface area contributed by atoms with E-state index in [4.69, 9.17) is 9.47 Å². The normalized spacial score (nSPS) is 10.6. The fourth-order valence-electron chi connectivity index (χ4n) is 2.91. The number of hydrogen-bond donors (Lipinski definition) is 0. The molecule has 0 bridgehead atoms. The molecule has 0 saturated carbocycles. The quantitative estimate of drug-likeness (QED) is 0.413. The zero-order chi connectivity index (χ0) is 19.3. The van der Waals surface area contributed by atoms with Crippen LogP contribution < -0.4 is 9.47 Å². The summed E-state index contributed by atoms with van der Waals surface area (Å²) in [6.45, 7) is 0.440. The van der Waals surface area contributed by atoms with Gasteiger partial charge in [-0.3, -0.25) is 0 Å². The van der Waals surface area contributed by atoms with Gasteiger partial charge < -0.3 is 9.47 Å². The molecule has 0 saturated heterocycles. The minimum absolute atomic E-state index is 0.440. The Hall–Kier alpha value is -3.12. The number of hydrogen-bond acceptors (Lipinski definition) is 4. The number of methoxy groups -OCH3 is 1. The predicted octanol–water partition coefficient (Wildman–Crippen LogP) is 5.28. The maximum atomic E-state index is 6.04. The molecule has 0 N–H and O–H groups in total. The molecule has 5 nitrogen and oxygen atoms in total. The second kappa shape index (κ2) is 8.27. The van der Waals surface area contributed by atoms with Crippen LogP contribution in [-0.2, 0) is 6.61 Å². The van der Waals surface area contributed by atoms with E-state index in [0.29, 0.717) is 12.5 Å². The van der Waals surface area contributed by atoms with Gasteiger partial charge in [0.15, 0.2) is 0 Å². The van der Waals surface area contributed by atoms with E-state index < -0.39 is 0 Å². The number of nitrogens with zero attached hydrogens (tertiary/aromatic N) is 3. The molecule has 0 aliphatic carbocycles. The number of ether oxygens (including phenoxy) is 2. The second-order valence-corrected chi connectivity index (χ2v) is 7.03. The van der Waals surface area contributed by atoms with Gasteiger partial charge in [-0.25, -0.2) is 9.67 Å². The van der Waals surface area contributed by atoms with Crippen LogP contribution in [-0.4, -0.2) is 21.9 Å². The first-order valence-electron chi connectivity index (χ1n) is 8.76. The molecule has 28 heavy (non-hydrogen) atoms. The summed E-state index contributed by atoms with van der Waals surface area (Å²) >= 11 is 3.51. The Bertz CT molecular complexity index is 1080. The van der Waals surface area contributed by atoms with E-state index in [0.717, 1.165) is 32.7 Å². The van der Waals surface area contributed by atoms with Crippen LogP contribution in [0.4, 0.5) is 0 Å². The number of benzene rings is 2. The molecule has 2 heterocycles. The Morgan fingerprint density at radius 3 is 2.68 bits per heavy atom. The molecule has 0 aliphatic rings. The van der Waals surface area contributed by atoms with Gasteiger partial charge in [0.05, 0.1) is 30.3 Å². The van der Waals surface area contributed by atoms with Crippen LogP contribution in [0.25, 0.3) is 16.9 Å². The van der Waals surface area contributed by atoms with Crippen molar-refractivity contribution in [3.63, 3.8) is 0 Å². The van der Waals surface area contributed by atoms with E-state index in [1.807, 2.05) is 71.4 Å². The highest BCUT2D eigenvalue weighted by Gasteiger charge is 2.15. The average Bonchev–Trinajstić information content (AvgIpc) is 3.23. The average molecular weight is 436 g/mol. The van der Waals surface area contributed by atoms with Crippen molar-refractivity contribution >= 4 is 15.9 Å². The molecule has 2 aromatic carbocycles. The van der Waals surface area contributed by atoms with Crippen molar-refractivity contribution in [2.75, 3.05) is 7.11 Å². The van der Waals surface area contributed by atoms with Crippen molar-refractivity contribution in [3.8, 4) is 28.6 Å². The lowest BCUT2D eigenvalue weighted by Gasteiger charge is -2.13. The number of pyridine rings is 1. The molecular formula is C22H18BrN3O2. The van der Waals surface area contributed by atoms with E-state index in [-0.39, 0.29) is 0 Å². The Kier molecular flexibility index (Phi) is 5.39. The van der Waals surface area contributed by atoms with E-state index in [1.165, 1.54) is 0 Å². The number of halogens is 1. The van der Waals surface area contributed by atoms with Crippen molar-refractivity contribution in [2.45, 2.75) is 6.61 Å². The molecule has 0 amide bonds. The van der Waals surface area contributed by atoms with Crippen molar-refractivity contribution in [1.29, 1.82) is 0 Å². The summed E-state index contributed by atoms with van der Waals surface area (Å²) in [4.78, 5) is 4.48. The molecule has 0 radical (unpaired) electrons. The van der Waals surface area contributed by atoms with Gasteiger partial charge >= 0.3 is 0 Å². The number of rotatable bonds is 6. The molecule has 6 heteroatoms. The summed E-state index contributed by atoms with van der Waals surface area (Å²) in [6, 6.07) is 21.7. The lowest BCUT2D eigenvalue weighted by molar-refractivity contribution is 0.295. The SMILES string of the molecule is COc1cccc(-n2nccc2-c2cc(Br)cnc2OCc2ccccc2)c1. The summed E-state index contributed by atoms with van der Waals surface area (Å²) in [5.41, 5.74) is 3.71. The van der Waals surface area contributed by atoms with Crippen molar-refractivity contribution in [2.24, 2.45) is 0 Å². The Morgan fingerprint density at radius 2 is 1.86 bits per heavy atom. The standard InChI is InChI=1S/C22H18BrN3O2/c1-27-19-9-5-8-18(13-19)26-21(10-11-25-26)20-12-17(23)14-24-22(20)28-15-16-6-3-2-4-7-16/h2-14H,15H2,1H3. The van der Waals surface area contributed by atoms with E-state index in [2.05, 4.69) is 26.0 Å². The van der Waals surface area contributed by atoms with Gasteiger partial charge in [-0.1, -0.05) is 36.4 Å². The third-order valence-electron chi connectivity index (χ3n) is 4.25. The summed E-state index contributed by atoms with van der Waals surface area (Å²) in [6.07, 6.45) is 3.49. The molecule has 0 atom stereocenters. The van der Waals surface area contributed by atoms with Gasteiger partial charge in [0.1, 0.15) is 12.4 Å². The molecule has 0 fully saturated rings. The summed E-state index contributed by atoms with van der Waals surface area (Å²) in [5.74, 6) is 1.32. The van der Waals surface area contributed by atoms with Crippen LogP contribution in [0.1, 0.15) is 5.56 Å². The van der Waals surface area contributed by atoms with Crippen LogP contribution in [0.2, 0.25) is 0 Å². The fourth-order valence-corrected chi connectivity index (χ4v) is 3.24. The highest BCUT2D eigenvalue weighted by molar-refractivity contribution is 9.10. The first kappa shape index (κ1) is 18.3. The maximum absolute atomic E-state index is 6.04. The molecule has 2 aromatic heterocycles. The summed E-state index contributed by atoms with van der Waals surface area (Å²) in [7, 11) is 1.65. The monoisotopic (exact) mass is 435 g/mol. The molecule has 140 valence electrons. The van der Waals surface area contributed by atoms with Crippen molar-refractivity contribution in [1.82, 2.24) is 14.8 Å². The first-order valence-corrected chi connectivity index (χ1v) is 9.55. The third-order valence-corrected chi connectivity index (χ3v) is 4.69. The Balaban J connectivity index is 1.71. The van der Waals surface area contributed by atoms with E-state index in [9.17, 15) is 0 Å². The van der Waals surface area contributed by atoms with Crippen molar-refractivity contribution in [3.05, 3.63) is 89.2 Å². The van der Waals surface area contributed by atoms with E-state index in [1.54, 1.807) is 19.5 Å². The van der Waals surface area contributed by atoms with Gasteiger partial charge in [-0.05, 0) is 45.8 Å². The van der Waals surface area contributed by atoms with Gasteiger partial charge in [0, 0.05) is 16.7 Å². The smallest absolute Gasteiger partial charge is 0.223 e. The predicted molar refractivity (Wildman–Crippen MR) is 112 cm³/mol. The highest BCUT2D eigenvalue weighted by atomic mass is 79.9. The van der Waals surface area contributed by atoms with E-state index >= 15 is 0 Å². The first-order chi connectivity index (χ1) is 13.7. The molecule has 4 rings (SSSR count). The van der Waals surface area contributed by atoms with Crippen molar-refractivity contribution < 1.29 is 9.47 Å². The Morgan fingerprint density at radius 1 is 1.00 bits per heavy atom. The molecule has 0 spiro atoms. The molecule has 0 unspecified atom stereocenters. The zero-order valence-corrected chi connectivity index (χ0v) is 16.8. The summed E-state index contributed by atoms with van der Waals surface area (Å²) < 4.78 is 14.1. The second-order valence-electron chi connectivity index (χ2n) is 6.11. The van der Waals surface area contributed by atoms with Gasteiger partial charge in [0.25, 0.3) is 0 Å². The maximum Gasteiger partial charge on any atom is 0.223 e. The van der Waals surface area contributed by atoms with Gasteiger partial charge in [-0.2, -0.15) is 5.10 Å². The summed E-state index contributed by atoms with van der Waals surface area (Å²) in [5, 5.41) is 4.49. The fraction of sp³-hybridized carbons (Fsp3) is 0.0909. The largest absolute Gasteiger partial charge is 0.497 e. The minimum Gasteiger partial charge on any atom is -0.497 e. The lowest BCUT2D eigenvalue weighted by Crippen LogP contribution is -2.03. The zero-order valence-electron chi connectivity index (χ0n) is 15.2. The van der Waals surface area contributed by atoms with Crippen LogP contribution in [0.3, 0.4) is 0 Å². The third kappa shape index (κ3) is 3.92.